The van der Waals surface area contributed by atoms with Gasteiger partial charge in [0, 0.05) is 6.42 Å². The molecule has 12 unspecified atom stereocenters. The number of carbonyl (C=O) groups excluding carboxylic acids is 1. The summed E-state index contributed by atoms with van der Waals surface area (Å²) in [6, 6.07) is -0.918. The molecule has 2 aliphatic heterocycles. The quantitative estimate of drug-likeness (QED) is 0.0204. The van der Waals surface area contributed by atoms with Gasteiger partial charge in [0.25, 0.3) is 0 Å². The number of nitrogens with one attached hydrogen (secondary N) is 1. The van der Waals surface area contributed by atoms with E-state index in [2.05, 4.69) is 79.9 Å². The Morgan fingerprint density at radius 2 is 0.812 bits per heavy atom. The third-order valence-electron chi connectivity index (χ3n) is 16.6. The minimum atomic E-state index is -1.79. The summed E-state index contributed by atoms with van der Waals surface area (Å²) >= 11 is 0. The highest BCUT2D eigenvalue weighted by atomic mass is 16.7. The van der Waals surface area contributed by atoms with E-state index in [9.17, 15) is 45.6 Å². The third-order valence-corrected chi connectivity index (χ3v) is 16.6. The lowest BCUT2D eigenvalue weighted by molar-refractivity contribution is -0.359. The van der Waals surface area contributed by atoms with Crippen LogP contribution in [0.15, 0.2) is 72.9 Å². The molecule has 85 heavy (non-hydrogen) atoms. The van der Waals surface area contributed by atoms with Gasteiger partial charge in [-0.3, -0.25) is 4.79 Å². The number of carbonyl (C=O) groups is 1. The van der Waals surface area contributed by atoms with Crippen molar-refractivity contribution in [2.24, 2.45) is 0 Å². The Hall–Kier alpha value is -2.57. The number of allylic oxidation sites excluding steroid dienone is 11. The van der Waals surface area contributed by atoms with Crippen LogP contribution in [0.25, 0.3) is 0 Å². The predicted molar refractivity (Wildman–Crippen MR) is 346 cm³/mol. The molecule has 2 saturated heterocycles. The first kappa shape index (κ1) is 78.5. The lowest BCUT2D eigenvalue weighted by Crippen LogP contribution is -2.65. The van der Waals surface area contributed by atoms with Gasteiger partial charge in [-0.1, -0.05) is 279 Å². The number of unbranched alkanes of at least 4 members (excludes halogenated alkanes) is 33. The van der Waals surface area contributed by atoms with Crippen molar-refractivity contribution in [3.63, 3.8) is 0 Å². The standard InChI is InChI=1S/C71H127NO13/c1-3-5-7-9-11-13-15-17-19-21-23-25-26-27-28-29-30-31-32-33-34-35-37-39-41-43-45-47-49-51-53-55-63(76)72-59(60(75)54-52-50-48-46-44-42-40-38-36-24-22-20-18-16-14-12-10-8-6-4-2)58-82-70-68(81)66(79)69(62(57-74)84-70)85-71-67(80)65(78)64(77)61(56-73)83-71/h5,7,11,13,17,19,23,25,27-28,52,54,59-62,64-71,73-75,77-81H,3-4,6,8-10,12,14-16,18,20-22,24,26,29-51,53,55-58H2,1-2H3,(H,72,76)/b7-5-,13-11-,19-17-,25-23-,28-27-,54-52+. The average Bonchev–Trinajstić information content (AvgIpc) is 3.68. The molecule has 0 bridgehead atoms. The van der Waals surface area contributed by atoms with E-state index in [1.165, 1.54) is 180 Å². The van der Waals surface area contributed by atoms with Crippen molar-refractivity contribution in [2.75, 3.05) is 19.8 Å². The van der Waals surface area contributed by atoms with E-state index in [4.69, 9.17) is 18.9 Å². The molecule has 0 aromatic heterocycles. The minimum Gasteiger partial charge on any atom is -0.394 e. The van der Waals surface area contributed by atoms with E-state index >= 15 is 0 Å². The molecule has 0 spiro atoms. The molecule has 9 N–H and O–H groups in total. The number of hydrogen-bond donors (Lipinski definition) is 9. The van der Waals surface area contributed by atoms with Crippen LogP contribution in [0.3, 0.4) is 0 Å². The molecular weight excluding hydrogens is 1070 g/mol. The summed E-state index contributed by atoms with van der Waals surface area (Å²) in [4.78, 5) is 13.3. The summed E-state index contributed by atoms with van der Waals surface area (Å²) < 4.78 is 22.9. The van der Waals surface area contributed by atoms with Gasteiger partial charge in [-0.25, -0.2) is 0 Å². The number of aliphatic hydroxyl groups is 8. The minimum absolute atomic E-state index is 0.239. The first-order valence-electron chi connectivity index (χ1n) is 34.7. The van der Waals surface area contributed by atoms with E-state index in [1.807, 2.05) is 6.08 Å². The molecule has 2 rings (SSSR count). The Labute approximate surface area is 517 Å². The number of ether oxygens (including phenoxy) is 4. The van der Waals surface area contributed by atoms with Crippen LogP contribution in [-0.4, -0.2) is 140 Å². The maximum atomic E-state index is 13.3. The van der Waals surface area contributed by atoms with Crippen LogP contribution in [0.5, 0.6) is 0 Å². The van der Waals surface area contributed by atoms with Crippen LogP contribution < -0.4 is 5.32 Å². The van der Waals surface area contributed by atoms with Crippen LogP contribution in [0.4, 0.5) is 0 Å². The van der Waals surface area contributed by atoms with Gasteiger partial charge in [0.05, 0.1) is 32.0 Å². The molecule has 14 nitrogen and oxygen atoms in total. The second-order valence-corrected chi connectivity index (χ2v) is 24.3. The van der Waals surface area contributed by atoms with Crippen molar-refractivity contribution < 1.29 is 64.6 Å². The SMILES string of the molecule is CC/C=C\C/C=C\C/C=C\C/C=C\C/C=C\CCCCCCCCCCCCCCCCCC(=O)NC(COC1OC(CO)C(OC2OC(CO)C(O)C(O)C2O)C(O)C1O)C(O)/C=C/CCCCCCCCCCCCCCCCCCCC. The van der Waals surface area contributed by atoms with Gasteiger partial charge in [0.15, 0.2) is 12.6 Å². The second-order valence-electron chi connectivity index (χ2n) is 24.3. The van der Waals surface area contributed by atoms with Crippen molar-refractivity contribution >= 4 is 5.91 Å². The molecule has 494 valence electrons. The van der Waals surface area contributed by atoms with Crippen molar-refractivity contribution in [2.45, 2.75) is 351 Å². The highest BCUT2D eigenvalue weighted by Gasteiger charge is 2.51. The van der Waals surface area contributed by atoms with Crippen molar-refractivity contribution in [3.8, 4) is 0 Å². The molecule has 0 aliphatic carbocycles. The first-order valence-corrected chi connectivity index (χ1v) is 34.7. The summed E-state index contributed by atoms with van der Waals surface area (Å²) in [6.45, 7) is 2.71. The first-order chi connectivity index (χ1) is 41.6. The zero-order valence-corrected chi connectivity index (χ0v) is 53.6. The molecule has 12 atom stereocenters. The number of amides is 1. The molecule has 0 saturated carbocycles. The van der Waals surface area contributed by atoms with Crippen LogP contribution in [0.2, 0.25) is 0 Å². The Morgan fingerprint density at radius 3 is 1.25 bits per heavy atom. The van der Waals surface area contributed by atoms with Crippen LogP contribution >= 0.6 is 0 Å². The summed E-state index contributed by atoms with van der Waals surface area (Å²) in [5.74, 6) is -0.239. The van der Waals surface area contributed by atoms with E-state index in [0.29, 0.717) is 6.42 Å². The van der Waals surface area contributed by atoms with Crippen LogP contribution in [0.1, 0.15) is 277 Å². The largest absolute Gasteiger partial charge is 0.394 e. The zero-order chi connectivity index (χ0) is 61.6. The lowest BCUT2D eigenvalue weighted by Gasteiger charge is -2.46. The van der Waals surface area contributed by atoms with Gasteiger partial charge < -0.3 is 65.1 Å². The lowest BCUT2D eigenvalue weighted by atomic mass is 9.97. The Kier molecular flexibility index (Phi) is 51.3. The smallest absolute Gasteiger partial charge is 0.220 e. The summed E-state index contributed by atoms with van der Waals surface area (Å²) in [7, 11) is 0. The molecule has 0 radical (unpaired) electrons. The fraction of sp³-hybridized carbons (Fsp3) is 0.817. The molecule has 2 heterocycles. The molecule has 0 aromatic carbocycles. The molecule has 2 fully saturated rings. The second kappa shape index (κ2) is 55.5. The van der Waals surface area contributed by atoms with Crippen LogP contribution in [0, 0.1) is 0 Å². The topological polar surface area (TPSA) is 228 Å². The summed E-state index contributed by atoms with van der Waals surface area (Å²) in [6.07, 6.45) is 58.0. The fourth-order valence-electron chi connectivity index (χ4n) is 11.1. The number of rotatable bonds is 56. The van der Waals surface area contributed by atoms with Crippen molar-refractivity contribution in [1.29, 1.82) is 0 Å². The normalized spacial score (nSPS) is 24.0. The predicted octanol–water partition coefficient (Wildman–Crippen LogP) is 13.8. The summed E-state index contributed by atoms with van der Waals surface area (Å²) in [5, 5.41) is 87.4. The van der Waals surface area contributed by atoms with Crippen LogP contribution in [-0.2, 0) is 23.7 Å². The molecule has 2 aliphatic rings. The molecule has 14 heteroatoms. The highest BCUT2D eigenvalue weighted by Crippen LogP contribution is 2.30. The van der Waals surface area contributed by atoms with Gasteiger partial charge in [0.1, 0.15) is 48.8 Å². The van der Waals surface area contributed by atoms with Gasteiger partial charge in [-0.05, 0) is 64.2 Å². The Balaban J connectivity index is 1.67. The Bertz CT molecular complexity index is 1700. The van der Waals surface area contributed by atoms with E-state index in [-0.39, 0.29) is 18.9 Å². The zero-order valence-electron chi connectivity index (χ0n) is 53.6. The highest BCUT2D eigenvalue weighted by molar-refractivity contribution is 5.76. The average molecular weight is 1200 g/mol. The monoisotopic (exact) mass is 1200 g/mol. The molecule has 1 amide bonds. The van der Waals surface area contributed by atoms with Gasteiger partial charge in [0.2, 0.25) is 5.91 Å². The van der Waals surface area contributed by atoms with Gasteiger partial charge >= 0.3 is 0 Å². The maximum Gasteiger partial charge on any atom is 0.220 e. The molecule has 0 aromatic rings. The number of aliphatic hydroxyl groups excluding tert-OH is 8. The van der Waals surface area contributed by atoms with Gasteiger partial charge in [-0.15, -0.1) is 0 Å². The summed E-state index contributed by atoms with van der Waals surface area (Å²) in [5.41, 5.74) is 0. The van der Waals surface area contributed by atoms with E-state index in [0.717, 1.165) is 70.6 Å². The van der Waals surface area contributed by atoms with Crippen molar-refractivity contribution in [1.82, 2.24) is 5.32 Å². The van der Waals surface area contributed by atoms with E-state index < -0.39 is 86.8 Å². The fourth-order valence-corrected chi connectivity index (χ4v) is 11.1. The number of hydrogen-bond acceptors (Lipinski definition) is 13. The van der Waals surface area contributed by atoms with Crippen molar-refractivity contribution in [3.05, 3.63) is 72.9 Å². The Morgan fingerprint density at radius 1 is 0.435 bits per heavy atom. The third kappa shape index (κ3) is 39.9. The maximum absolute atomic E-state index is 13.3. The van der Waals surface area contributed by atoms with Gasteiger partial charge in [-0.2, -0.15) is 0 Å². The van der Waals surface area contributed by atoms with E-state index in [1.54, 1.807) is 6.08 Å². The molecular formula is C71H127NO13.